The molecule has 80 heavy (non-hydrogen) atoms. The normalized spacial score (nSPS) is 21.4. The highest BCUT2D eigenvalue weighted by Crippen LogP contribution is 2.71. The average molecular weight is 1110 g/mol. The van der Waals surface area contributed by atoms with Crippen LogP contribution in [-0.2, 0) is 39.6 Å². The first-order valence-corrected chi connectivity index (χ1v) is 28.5. The van der Waals surface area contributed by atoms with E-state index in [1.54, 1.807) is 24.3 Å². The van der Waals surface area contributed by atoms with Gasteiger partial charge in [-0.25, -0.2) is 4.79 Å². The van der Waals surface area contributed by atoms with Crippen LogP contribution >= 0.6 is 0 Å². The van der Waals surface area contributed by atoms with Crippen LogP contribution in [0.4, 0.5) is 0 Å². The van der Waals surface area contributed by atoms with Crippen LogP contribution in [0, 0.1) is 40.9 Å². The first-order chi connectivity index (χ1) is 38.1. The number of ether oxygens (including phenoxy) is 5. The molecule has 0 spiro atoms. The minimum atomic E-state index is -1.18. The van der Waals surface area contributed by atoms with Crippen molar-refractivity contribution < 1.29 is 56.9 Å². The van der Waals surface area contributed by atoms with Crippen molar-refractivity contribution in [3.8, 4) is 28.7 Å². The highest BCUT2D eigenvalue weighted by molar-refractivity contribution is 5.95. The third-order valence-corrected chi connectivity index (χ3v) is 18.1. The molecular weight excluding hydrogens is 1020 g/mol. The van der Waals surface area contributed by atoms with Crippen LogP contribution in [0.1, 0.15) is 137 Å². The summed E-state index contributed by atoms with van der Waals surface area (Å²) in [6.07, 6.45) is 4.53. The van der Waals surface area contributed by atoms with Crippen molar-refractivity contribution in [2.45, 2.75) is 138 Å². The molecule has 0 radical (unpaired) electrons. The number of carbonyl (C=O) groups excluding carboxylic acids is 6. The van der Waals surface area contributed by atoms with Gasteiger partial charge < -0.3 is 55.1 Å². The molecule has 7 rings (SSSR count). The van der Waals surface area contributed by atoms with Gasteiger partial charge in [-0.1, -0.05) is 67.0 Å². The maximum atomic E-state index is 14.5. The molecule has 3 aromatic carbocycles. The van der Waals surface area contributed by atoms with Crippen LogP contribution in [0.2, 0.25) is 0 Å². The van der Waals surface area contributed by atoms with Crippen LogP contribution in [-0.4, -0.2) is 88.1 Å². The summed E-state index contributed by atoms with van der Waals surface area (Å²) in [5.41, 5.74) is 3.17. The molecule has 0 saturated heterocycles. The largest absolute Gasteiger partial charge is 0.493 e. The van der Waals surface area contributed by atoms with Crippen LogP contribution in [0.15, 0.2) is 69.9 Å². The predicted molar refractivity (Wildman–Crippen MR) is 303 cm³/mol. The summed E-state index contributed by atoms with van der Waals surface area (Å²) < 4.78 is 35.4. The lowest BCUT2D eigenvalue weighted by Crippen LogP contribution is -2.75. The number of nitrogens with one attached hydrogen (secondary N) is 4. The Kier molecular flexibility index (Phi) is 19.1. The zero-order chi connectivity index (χ0) is 58.2. The molecule has 434 valence electrons. The molecule has 6 N–H and O–H groups in total. The van der Waals surface area contributed by atoms with Gasteiger partial charge >= 0.3 is 17.6 Å². The molecule has 18 nitrogen and oxygen atoms in total. The van der Waals surface area contributed by atoms with Crippen LogP contribution in [0.5, 0.6) is 28.7 Å². The Morgan fingerprint density at radius 1 is 0.625 bits per heavy atom. The Morgan fingerprint density at radius 3 is 1.62 bits per heavy atom. The number of esters is 2. The lowest BCUT2D eigenvalue weighted by molar-refractivity contribution is -0.184. The van der Waals surface area contributed by atoms with Gasteiger partial charge in [-0.05, 0) is 102 Å². The van der Waals surface area contributed by atoms with Crippen molar-refractivity contribution in [3.05, 3.63) is 87.8 Å². The Hall–Kier alpha value is -6.95. The molecule has 4 aromatic rings. The minimum absolute atomic E-state index is 0.0107. The third-order valence-electron chi connectivity index (χ3n) is 18.1. The van der Waals surface area contributed by atoms with Crippen molar-refractivity contribution in [1.29, 1.82) is 0 Å². The maximum absolute atomic E-state index is 14.5. The zero-order valence-electron chi connectivity index (χ0n) is 48.4. The van der Waals surface area contributed by atoms with Gasteiger partial charge in [0.05, 0.1) is 42.5 Å². The van der Waals surface area contributed by atoms with Crippen LogP contribution < -0.4 is 56.3 Å². The summed E-state index contributed by atoms with van der Waals surface area (Å²) in [4.78, 5) is 94.1. The number of nitrogens with two attached hydrogens (primary N) is 1. The second kappa shape index (κ2) is 25.2. The molecular formula is C62H83N5O13. The van der Waals surface area contributed by atoms with E-state index in [-0.39, 0.29) is 55.8 Å². The summed E-state index contributed by atoms with van der Waals surface area (Å²) in [6, 6.07) is 17.4. The molecule has 18 heteroatoms. The molecule has 3 heterocycles. The predicted octanol–water partition coefficient (Wildman–Crippen LogP) is 7.89. The molecule has 2 aliphatic heterocycles. The van der Waals surface area contributed by atoms with Gasteiger partial charge in [-0.2, -0.15) is 0 Å². The fourth-order valence-electron chi connectivity index (χ4n) is 12.3. The zero-order valence-corrected chi connectivity index (χ0v) is 48.4. The third kappa shape index (κ3) is 11.9. The van der Waals surface area contributed by atoms with Gasteiger partial charge in [0.1, 0.15) is 34.3 Å². The van der Waals surface area contributed by atoms with E-state index >= 15 is 0 Å². The summed E-state index contributed by atoms with van der Waals surface area (Å²) in [6.45, 7) is 21.4. The van der Waals surface area contributed by atoms with Crippen molar-refractivity contribution in [3.63, 3.8) is 0 Å². The molecule has 1 fully saturated rings. The molecule has 4 amide bonds. The topological polar surface area (TPSA) is 253 Å². The van der Waals surface area contributed by atoms with Crippen molar-refractivity contribution in [1.82, 2.24) is 21.3 Å². The second-order valence-electron chi connectivity index (χ2n) is 23.0. The van der Waals surface area contributed by atoms with Gasteiger partial charge in [0, 0.05) is 95.7 Å². The first-order valence-electron chi connectivity index (χ1n) is 28.5. The number of benzene rings is 3. The Morgan fingerprint density at radius 2 is 1.11 bits per heavy atom. The Labute approximate surface area is 469 Å². The van der Waals surface area contributed by atoms with Crippen molar-refractivity contribution >= 4 is 46.5 Å². The summed E-state index contributed by atoms with van der Waals surface area (Å²) in [7, 11) is 0. The molecule has 0 bridgehead atoms. The number of aryl methyl sites for hydroxylation is 1. The first kappa shape index (κ1) is 60.7. The smallest absolute Gasteiger partial charge is 0.336 e. The number of amides is 4. The van der Waals surface area contributed by atoms with E-state index in [1.807, 2.05) is 99.6 Å². The van der Waals surface area contributed by atoms with E-state index in [1.165, 1.54) is 6.07 Å². The van der Waals surface area contributed by atoms with Crippen LogP contribution in [0.3, 0.4) is 0 Å². The standard InChI is InChI=1S/C62H83N5O13/c1-11-38(4)52(69)64-27-15-31-76-41-19-22-44-47(36-41)79-53(70)50-61(44,9)51-54(71)80-48-37-42(20-23-45(48)62(50,51)10)77-33-17-29-66-57(74)60(8,59(7,13-3)56(73)67-30-26-63)25-14-24-58(6,12-2)55(72)65-28-16-32-75-40-18-21-43-39(5)34-49(68)78-46(43)35-40/h18-23,34-38,50-51H,11-17,24-33,63H2,1-10H3,(H,64,69)(H,65,72)(H,66,74)(H,67,73). The van der Waals surface area contributed by atoms with E-state index in [2.05, 4.69) is 21.3 Å². The quantitative estimate of drug-likeness (QED) is 0.0150. The van der Waals surface area contributed by atoms with Gasteiger partial charge in [-0.3, -0.25) is 28.8 Å². The van der Waals surface area contributed by atoms with E-state index in [9.17, 15) is 33.6 Å². The molecule has 8 atom stereocenters. The summed E-state index contributed by atoms with van der Waals surface area (Å²) in [5.74, 6) is -0.801. The highest BCUT2D eigenvalue weighted by atomic mass is 16.5. The van der Waals surface area contributed by atoms with Crippen LogP contribution in [0.25, 0.3) is 11.0 Å². The van der Waals surface area contributed by atoms with Gasteiger partial charge in [0.15, 0.2) is 0 Å². The lowest BCUT2D eigenvalue weighted by atomic mass is 9.35. The van der Waals surface area contributed by atoms with Crippen molar-refractivity contribution in [2.24, 2.45) is 39.7 Å². The number of carbonyl (C=O) groups is 6. The number of rotatable bonds is 29. The van der Waals surface area contributed by atoms with E-state index in [0.717, 1.165) is 22.9 Å². The van der Waals surface area contributed by atoms with Gasteiger partial charge in [0.25, 0.3) is 0 Å². The minimum Gasteiger partial charge on any atom is -0.493 e. The molecule has 3 aliphatic rings. The number of hydrogen-bond donors (Lipinski definition) is 5. The Balaban J connectivity index is 0.922. The Bertz CT molecular complexity index is 3000. The molecule has 1 saturated carbocycles. The summed E-state index contributed by atoms with van der Waals surface area (Å²) >= 11 is 0. The fourth-order valence-corrected chi connectivity index (χ4v) is 12.3. The second-order valence-corrected chi connectivity index (χ2v) is 23.0. The molecule has 8 unspecified atom stereocenters. The van der Waals surface area contributed by atoms with Gasteiger partial charge in [-0.15, -0.1) is 0 Å². The molecule has 1 aliphatic carbocycles. The number of hydrogen-bond acceptors (Lipinski definition) is 14. The molecule has 1 aromatic heterocycles. The van der Waals surface area contributed by atoms with Crippen molar-refractivity contribution in [2.75, 3.05) is 52.5 Å². The maximum Gasteiger partial charge on any atom is 0.336 e. The van der Waals surface area contributed by atoms with Gasteiger partial charge in [0.2, 0.25) is 23.6 Å². The number of fused-ring (bicyclic) bond motifs is 9. The monoisotopic (exact) mass is 1110 g/mol. The summed E-state index contributed by atoms with van der Waals surface area (Å²) in [5, 5.41) is 12.8. The van der Waals surface area contributed by atoms with E-state index < -0.39 is 56.5 Å². The average Bonchev–Trinajstić information content (AvgIpc) is 1.31. The van der Waals surface area contributed by atoms with E-state index in [0.29, 0.717) is 118 Å². The lowest BCUT2D eigenvalue weighted by Gasteiger charge is -2.66. The highest BCUT2D eigenvalue weighted by Gasteiger charge is 2.77. The fraction of sp³-hybridized carbons (Fsp3) is 0.565. The SMILES string of the molecule is CCC(C)C(=O)NCCCOc1ccc2c(c1)OC(=O)C1C2(C)C2C(=O)Oc3cc(OCCCNC(=O)C(C)(CCCC(C)(CC)C(=O)NCCCOc4ccc5c(C)cc(=O)oc5c4)C(C)(CC)C(=O)NCCN)ccc3C12C. The van der Waals surface area contributed by atoms with E-state index in [4.69, 9.17) is 33.8 Å².